The zero-order valence-corrected chi connectivity index (χ0v) is 15.5. The third kappa shape index (κ3) is 3.73. The Morgan fingerprint density at radius 3 is 2.39 bits per heavy atom. The number of carboxylic acids is 1. The lowest BCUT2D eigenvalue weighted by Gasteiger charge is -2.23. The summed E-state index contributed by atoms with van der Waals surface area (Å²) in [6.45, 7) is 0. The van der Waals surface area contributed by atoms with Gasteiger partial charge in [-0.15, -0.1) is 0 Å². The molecule has 0 saturated heterocycles. The molecule has 3 aromatic carbocycles. The number of hydrogen-bond donors (Lipinski definition) is 1. The predicted octanol–water partition coefficient (Wildman–Crippen LogP) is 5.22. The first-order chi connectivity index (χ1) is 14.7. The first-order valence-corrected chi connectivity index (χ1v) is 8.89. The molecular weight excluding hydrogens is 415 g/mol. The molecule has 0 amide bonds. The van der Waals surface area contributed by atoms with E-state index in [1.54, 1.807) is 24.3 Å². The number of benzene rings is 3. The standard InChI is InChI=1S/C22H12F3NO5/c23-16-10-18(25)17(24)9-15(16)21-19(26(29)30)8-14-7-12(4-5-20(14)31-21)11-2-1-3-13(6-11)22(27)28/h1-10,21H,(H,27,28). The van der Waals surface area contributed by atoms with Crippen LogP contribution in [0.2, 0.25) is 0 Å². The highest BCUT2D eigenvalue weighted by atomic mass is 19.2. The minimum Gasteiger partial charge on any atom is -0.478 e. The number of carboxylic acid groups (broad SMARTS) is 1. The van der Waals surface area contributed by atoms with Crippen molar-refractivity contribution in [3.63, 3.8) is 0 Å². The van der Waals surface area contributed by atoms with Gasteiger partial charge in [-0.1, -0.05) is 18.2 Å². The quantitative estimate of drug-likeness (QED) is 0.350. The summed E-state index contributed by atoms with van der Waals surface area (Å²) in [5.41, 5.74) is 0.431. The highest BCUT2D eigenvalue weighted by Crippen LogP contribution is 2.40. The number of carbonyl (C=O) groups is 1. The SMILES string of the molecule is O=C(O)c1cccc(-c2ccc3c(c2)C=C([N+](=O)[O-])C(c2cc(F)c(F)cc2F)O3)c1. The monoisotopic (exact) mass is 427 g/mol. The molecule has 0 spiro atoms. The lowest BCUT2D eigenvalue weighted by atomic mass is 9.96. The topological polar surface area (TPSA) is 89.7 Å². The molecular formula is C22H12F3NO5. The fraction of sp³-hybridized carbons (Fsp3) is 0.0455. The van der Waals surface area contributed by atoms with Crippen molar-refractivity contribution in [3.05, 3.63) is 105 Å². The van der Waals surface area contributed by atoms with Crippen LogP contribution in [0.4, 0.5) is 13.2 Å². The average molecular weight is 427 g/mol. The van der Waals surface area contributed by atoms with Gasteiger partial charge in [0.05, 0.1) is 10.5 Å². The van der Waals surface area contributed by atoms with Gasteiger partial charge in [0, 0.05) is 23.3 Å². The second-order valence-electron chi connectivity index (χ2n) is 6.75. The second kappa shape index (κ2) is 7.60. The number of nitro groups is 1. The van der Waals surface area contributed by atoms with Gasteiger partial charge < -0.3 is 9.84 Å². The van der Waals surface area contributed by atoms with Crippen molar-refractivity contribution in [1.82, 2.24) is 0 Å². The summed E-state index contributed by atoms with van der Waals surface area (Å²) in [4.78, 5) is 22.0. The van der Waals surface area contributed by atoms with Crippen LogP contribution < -0.4 is 4.74 Å². The highest BCUT2D eigenvalue weighted by Gasteiger charge is 2.36. The summed E-state index contributed by atoms with van der Waals surface area (Å²) in [6, 6.07) is 11.6. The van der Waals surface area contributed by atoms with Gasteiger partial charge in [0.15, 0.2) is 11.6 Å². The molecule has 9 heteroatoms. The molecule has 1 aliphatic rings. The predicted molar refractivity (Wildman–Crippen MR) is 103 cm³/mol. The normalized spacial score (nSPS) is 14.9. The maximum Gasteiger partial charge on any atom is 0.335 e. The van der Waals surface area contributed by atoms with Gasteiger partial charge >= 0.3 is 5.97 Å². The molecule has 6 nitrogen and oxygen atoms in total. The molecule has 1 aliphatic heterocycles. The molecule has 0 aromatic heterocycles. The Morgan fingerprint density at radius 1 is 0.968 bits per heavy atom. The molecule has 1 N–H and O–H groups in total. The van der Waals surface area contributed by atoms with Crippen molar-refractivity contribution in [3.8, 4) is 16.9 Å². The van der Waals surface area contributed by atoms with E-state index in [2.05, 4.69) is 0 Å². The van der Waals surface area contributed by atoms with Crippen LogP contribution in [0.5, 0.6) is 5.75 Å². The number of aromatic carboxylic acids is 1. The number of nitrogens with zero attached hydrogens (tertiary/aromatic N) is 1. The molecule has 1 heterocycles. The molecule has 0 bridgehead atoms. The van der Waals surface area contributed by atoms with Gasteiger partial charge in [-0.25, -0.2) is 18.0 Å². The summed E-state index contributed by atoms with van der Waals surface area (Å²) in [6.07, 6.45) is -0.423. The second-order valence-corrected chi connectivity index (χ2v) is 6.75. The van der Waals surface area contributed by atoms with E-state index in [-0.39, 0.29) is 11.3 Å². The Bertz CT molecular complexity index is 1270. The largest absolute Gasteiger partial charge is 0.478 e. The molecule has 0 radical (unpaired) electrons. The van der Waals surface area contributed by atoms with Gasteiger partial charge in [0.1, 0.15) is 11.6 Å². The van der Waals surface area contributed by atoms with E-state index in [9.17, 15) is 28.1 Å². The van der Waals surface area contributed by atoms with E-state index < -0.39 is 45.7 Å². The van der Waals surface area contributed by atoms with Crippen LogP contribution in [0.15, 0.2) is 60.3 Å². The van der Waals surface area contributed by atoms with Crippen LogP contribution >= 0.6 is 0 Å². The Hall–Kier alpha value is -4.14. The minimum atomic E-state index is -1.58. The van der Waals surface area contributed by atoms with Gasteiger partial charge in [-0.2, -0.15) is 0 Å². The maximum absolute atomic E-state index is 14.2. The summed E-state index contributed by atoms with van der Waals surface area (Å²) in [5, 5.41) is 20.7. The third-order valence-electron chi connectivity index (χ3n) is 4.80. The maximum atomic E-state index is 14.2. The molecule has 1 atom stereocenters. The first-order valence-electron chi connectivity index (χ1n) is 8.89. The summed E-state index contributed by atoms with van der Waals surface area (Å²) >= 11 is 0. The van der Waals surface area contributed by atoms with Crippen LogP contribution in [0, 0.1) is 27.6 Å². The van der Waals surface area contributed by atoms with E-state index in [1.807, 2.05) is 0 Å². The van der Waals surface area contributed by atoms with Crippen molar-refractivity contribution < 1.29 is 32.7 Å². The van der Waals surface area contributed by atoms with Crippen molar-refractivity contribution in [2.75, 3.05) is 0 Å². The van der Waals surface area contributed by atoms with Crippen molar-refractivity contribution in [2.45, 2.75) is 6.10 Å². The Labute approximate surface area is 173 Å². The minimum absolute atomic E-state index is 0.0712. The number of ether oxygens (including phenoxy) is 1. The molecule has 31 heavy (non-hydrogen) atoms. The van der Waals surface area contributed by atoms with E-state index in [4.69, 9.17) is 9.84 Å². The van der Waals surface area contributed by atoms with Gasteiger partial charge in [-0.3, -0.25) is 10.1 Å². The van der Waals surface area contributed by atoms with E-state index in [0.717, 1.165) is 6.08 Å². The molecule has 0 aliphatic carbocycles. The van der Waals surface area contributed by atoms with E-state index >= 15 is 0 Å². The molecule has 0 saturated carbocycles. The number of fused-ring (bicyclic) bond motifs is 1. The molecule has 4 rings (SSSR count). The van der Waals surface area contributed by atoms with Crippen LogP contribution in [-0.2, 0) is 0 Å². The Morgan fingerprint density at radius 2 is 1.68 bits per heavy atom. The highest BCUT2D eigenvalue weighted by molar-refractivity contribution is 5.89. The Kier molecular flexibility index (Phi) is 4.94. The Balaban J connectivity index is 1.79. The number of rotatable bonds is 4. The number of hydrogen-bond acceptors (Lipinski definition) is 4. The molecule has 1 unspecified atom stereocenters. The number of halogens is 3. The summed E-state index contributed by atoms with van der Waals surface area (Å²) in [7, 11) is 0. The van der Waals surface area contributed by atoms with E-state index in [1.165, 1.54) is 18.2 Å². The molecule has 3 aromatic rings. The van der Waals surface area contributed by atoms with Gasteiger partial charge in [0.2, 0.25) is 6.10 Å². The molecule has 0 fully saturated rings. The van der Waals surface area contributed by atoms with Gasteiger partial charge in [-0.05, 0) is 41.5 Å². The average Bonchev–Trinajstić information content (AvgIpc) is 2.75. The van der Waals surface area contributed by atoms with Crippen molar-refractivity contribution in [2.24, 2.45) is 0 Å². The summed E-state index contributed by atoms with van der Waals surface area (Å²) < 4.78 is 46.7. The lowest BCUT2D eigenvalue weighted by Crippen LogP contribution is -2.21. The smallest absolute Gasteiger partial charge is 0.335 e. The van der Waals surface area contributed by atoms with Crippen LogP contribution in [0.3, 0.4) is 0 Å². The third-order valence-corrected chi connectivity index (χ3v) is 4.80. The zero-order chi connectivity index (χ0) is 22.3. The van der Waals surface area contributed by atoms with Crippen LogP contribution in [-0.4, -0.2) is 16.0 Å². The fourth-order valence-corrected chi connectivity index (χ4v) is 3.31. The zero-order valence-electron chi connectivity index (χ0n) is 15.5. The summed E-state index contributed by atoms with van der Waals surface area (Å²) in [5.74, 6) is -4.89. The van der Waals surface area contributed by atoms with Crippen molar-refractivity contribution >= 4 is 12.0 Å². The van der Waals surface area contributed by atoms with Crippen molar-refractivity contribution in [1.29, 1.82) is 0 Å². The van der Waals surface area contributed by atoms with Gasteiger partial charge in [0.25, 0.3) is 5.70 Å². The van der Waals surface area contributed by atoms with Crippen LogP contribution in [0.25, 0.3) is 17.2 Å². The fourth-order valence-electron chi connectivity index (χ4n) is 3.31. The van der Waals surface area contributed by atoms with Crippen LogP contribution in [0.1, 0.15) is 27.6 Å². The van der Waals surface area contributed by atoms with E-state index in [0.29, 0.717) is 28.8 Å². The lowest BCUT2D eigenvalue weighted by molar-refractivity contribution is -0.434. The molecule has 156 valence electrons. The first kappa shape index (κ1) is 20.1.